The fraction of sp³-hybridized carbons (Fsp3) is 0.467. The highest BCUT2D eigenvalue weighted by atomic mass is 35.5. The number of benzene rings is 1. The smallest absolute Gasteiger partial charge is 0.282 e. The van der Waals surface area contributed by atoms with Crippen molar-refractivity contribution in [3.05, 3.63) is 69.6 Å². The number of amides is 2. The highest BCUT2D eigenvalue weighted by Gasteiger charge is 2.45. The number of pyridine rings is 1. The molecule has 2 aromatic heterocycles. The van der Waals surface area contributed by atoms with Crippen LogP contribution in [-0.2, 0) is 29.1 Å². The number of ether oxygens (including phenoxy) is 1. The Balaban J connectivity index is 1.16. The fourth-order valence-electron chi connectivity index (χ4n) is 6.28. The summed E-state index contributed by atoms with van der Waals surface area (Å²) in [5.74, 6) is -2.00. The highest BCUT2D eigenvalue weighted by Crippen LogP contribution is 2.43. The number of carbonyl (C=O) groups is 2. The number of anilines is 1. The van der Waals surface area contributed by atoms with Crippen LogP contribution < -0.4 is 9.64 Å². The van der Waals surface area contributed by atoms with Crippen molar-refractivity contribution in [1.82, 2.24) is 24.3 Å². The average Bonchev–Trinajstić information content (AvgIpc) is 3.74. The SMILES string of the molecule is CC(=O)N1CCn2c(nc3c2C(c2ccc(C4CC4)cc2F)N(C(=O)COc2ccc(N4CC(F)(F)C4)nc2Cl)CC3)C1. The fourth-order valence-corrected chi connectivity index (χ4v) is 6.49. The standard InChI is InChI=1S/C30H30ClF3N6O3/c1-17(41)37-10-11-39-25(13-37)35-22-8-9-40(27(28(22)39)20-5-4-19(12-21(20)32)18-2-3-18)26(42)14-43-23-6-7-24(36-29(23)31)38-15-30(33,34)16-38/h4-7,12,18,27H,2-3,8-11,13-16H2,1H3. The molecule has 1 atom stereocenters. The molecule has 5 heterocycles. The van der Waals surface area contributed by atoms with Gasteiger partial charge in [0.1, 0.15) is 23.5 Å². The molecule has 0 radical (unpaired) electrons. The van der Waals surface area contributed by atoms with Gasteiger partial charge in [0.05, 0.1) is 31.0 Å². The average molecular weight is 615 g/mol. The molecule has 13 heteroatoms. The van der Waals surface area contributed by atoms with Gasteiger partial charge in [0, 0.05) is 38.5 Å². The summed E-state index contributed by atoms with van der Waals surface area (Å²) in [7, 11) is 0. The first kappa shape index (κ1) is 28.0. The maximum absolute atomic E-state index is 15.8. The van der Waals surface area contributed by atoms with E-state index in [4.69, 9.17) is 21.3 Å². The number of carbonyl (C=O) groups excluding carboxylic acids is 2. The van der Waals surface area contributed by atoms with Crippen LogP contribution in [0.5, 0.6) is 5.75 Å². The second kappa shape index (κ2) is 10.4. The van der Waals surface area contributed by atoms with Crippen molar-refractivity contribution >= 4 is 29.2 Å². The van der Waals surface area contributed by atoms with Gasteiger partial charge in [0.25, 0.3) is 11.8 Å². The molecule has 226 valence electrons. The molecule has 43 heavy (non-hydrogen) atoms. The van der Waals surface area contributed by atoms with Crippen molar-refractivity contribution in [3.63, 3.8) is 0 Å². The van der Waals surface area contributed by atoms with Crippen LogP contribution in [-0.4, -0.2) is 74.9 Å². The second-order valence-corrected chi connectivity index (χ2v) is 12.1. The third kappa shape index (κ3) is 5.19. The third-order valence-electron chi connectivity index (χ3n) is 8.70. The number of fused-ring (bicyclic) bond motifs is 3. The minimum Gasteiger partial charge on any atom is -0.481 e. The van der Waals surface area contributed by atoms with Crippen molar-refractivity contribution < 1.29 is 27.5 Å². The number of hydrogen-bond donors (Lipinski definition) is 0. The van der Waals surface area contributed by atoms with E-state index < -0.39 is 25.1 Å². The Morgan fingerprint density at radius 2 is 1.88 bits per heavy atom. The lowest BCUT2D eigenvalue weighted by Crippen LogP contribution is -2.56. The van der Waals surface area contributed by atoms with Crippen molar-refractivity contribution in [2.45, 2.75) is 57.2 Å². The largest absolute Gasteiger partial charge is 0.481 e. The molecule has 2 fully saturated rings. The van der Waals surface area contributed by atoms with E-state index in [1.165, 1.54) is 24.0 Å². The molecule has 9 nitrogen and oxygen atoms in total. The zero-order valence-electron chi connectivity index (χ0n) is 23.5. The van der Waals surface area contributed by atoms with E-state index >= 15 is 4.39 Å². The van der Waals surface area contributed by atoms with E-state index in [1.807, 2.05) is 10.6 Å². The molecule has 1 saturated heterocycles. The van der Waals surface area contributed by atoms with Crippen LogP contribution in [0.25, 0.3) is 0 Å². The van der Waals surface area contributed by atoms with Crippen molar-refractivity contribution in [2.24, 2.45) is 0 Å². The molecule has 3 aliphatic heterocycles. The summed E-state index contributed by atoms with van der Waals surface area (Å²) in [4.78, 5) is 39.5. The van der Waals surface area contributed by atoms with Crippen LogP contribution in [0.3, 0.4) is 0 Å². The Kier molecular flexibility index (Phi) is 6.79. The van der Waals surface area contributed by atoms with Crippen LogP contribution in [0.4, 0.5) is 19.0 Å². The minimum atomic E-state index is -2.75. The quantitative estimate of drug-likeness (QED) is 0.385. The van der Waals surface area contributed by atoms with Crippen LogP contribution in [0.1, 0.15) is 60.1 Å². The number of halogens is 4. The van der Waals surface area contributed by atoms with Gasteiger partial charge in [0.2, 0.25) is 5.91 Å². The summed E-state index contributed by atoms with van der Waals surface area (Å²) in [5, 5.41) is -0.0420. The lowest BCUT2D eigenvalue weighted by atomic mass is 9.93. The van der Waals surface area contributed by atoms with Crippen molar-refractivity contribution in [3.8, 4) is 5.75 Å². The predicted octanol–water partition coefficient (Wildman–Crippen LogP) is 4.32. The molecule has 4 aliphatic rings. The maximum Gasteiger partial charge on any atom is 0.282 e. The van der Waals surface area contributed by atoms with Gasteiger partial charge in [-0.25, -0.2) is 23.1 Å². The van der Waals surface area contributed by atoms with Gasteiger partial charge in [-0.1, -0.05) is 23.7 Å². The van der Waals surface area contributed by atoms with E-state index in [2.05, 4.69) is 4.98 Å². The summed E-state index contributed by atoms with van der Waals surface area (Å²) < 4.78 is 50.2. The van der Waals surface area contributed by atoms with E-state index in [0.29, 0.717) is 49.9 Å². The molecule has 7 rings (SSSR count). The van der Waals surface area contributed by atoms with Crippen molar-refractivity contribution in [2.75, 3.05) is 37.7 Å². The molecule has 3 aromatic rings. The van der Waals surface area contributed by atoms with Crippen molar-refractivity contribution in [1.29, 1.82) is 0 Å². The molecule has 1 saturated carbocycles. The first-order chi connectivity index (χ1) is 20.6. The molecule has 0 N–H and O–H groups in total. The van der Waals surface area contributed by atoms with E-state index in [-0.39, 0.29) is 35.1 Å². The molecular formula is C30H30ClF3N6O3. The van der Waals surface area contributed by atoms with Crippen LogP contribution >= 0.6 is 11.6 Å². The molecule has 2 amide bonds. The topological polar surface area (TPSA) is 83.8 Å². The first-order valence-corrected chi connectivity index (χ1v) is 14.8. The molecule has 1 aliphatic carbocycles. The van der Waals surface area contributed by atoms with Gasteiger partial charge in [-0.3, -0.25) is 9.59 Å². The lowest BCUT2D eigenvalue weighted by molar-refractivity contribution is -0.135. The maximum atomic E-state index is 15.8. The second-order valence-electron chi connectivity index (χ2n) is 11.7. The summed E-state index contributed by atoms with van der Waals surface area (Å²) in [6.07, 6.45) is 2.55. The number of hydrogen-bond acceptors (Lipinski definition) is 6. The van der Waals surface area contributed by atoms with Gasteiger partial charge in [-0.15, -0.1) is 0 Å². The molecule has 0 bridgehead atoms. The summed E-state index contributed by atoms with van der Waals surface area (Å²) >= 11 is 6.29. The Bertz CT molecular complexity index is 1620. The number of rotatable bonds is 6. The van der Waals surface area contributed by atoms with E-state index in [9.17, 15) is 18.4 Å². The Hall–Kier alpha value is -3.80. The molecular weight excluding hydrogens is 585 g/mol. The van der Waals surface area contributed by atoms with Gasteiger partial charge in [-0.2, -0.15) is 0 Å². The summed E-state index contributed by atoms with van der Waals surface area (Å²) in [5.41, 5.74) is 2.89. The van der Waals surface area contributed by atoms with Gasteiger partial charge >= 0.3 is 0 Å². The first-order valence-electron chi connectivity index (χ1n) is 14.4. The molecule has 1 unspecified atom stereocenters. The predicted molar refractivity (Wildman–Crippen MR) is 151 cm³/mol. The van der Waals surface area contributed by atoms with Crippen LogP contribution in [0, 0.1) is 5.82 Å². The van der Waals surface area contributed by atoms with Gasteiger partial charge < -0.3 is 24.0 Å². The third-order valence-corrected chi connectivity index (χ3v) is 8.97. The summed E-state index contributed by atoms with van der Waals surface area (Å²) in [6.45, 7) is 1.91. The lowest BCUT2D eigenvalue weighted by Gasteiger charge is -2.39. The highest BCUT2D eigenvalue weighted by molar-refractivity contribution is 6.31. The Labute approximate surface area is 251 Å². The number of imidazole rings is 1. The zero-order chi connectivity index (χ0) is 30.0. The zero-order valence-corrected chi connectivity index (χ0v) is 24.3. The van der Waals surface area contributed by atoms with E-state index in [0.717, 1.165) is 35.6 Å². The number of nitrogens with zero attached hydrogens (tertiary/aromatic N) is 6. The normalized spacial score (nSPS) is 20.8. The molecule has 0 spiro atoms. The number of alkyl halides is 2. The van der Waals surface area contributed by atoms with Gasteiger partial charge in [0.15, 0.2) is 17.5 Å². The monoisotopic (exact) mass is 614 g/mol. The molecule has 1 aromatic carbocycles. The van der Waals surface area contributed by atoms with Crippen LogP contribution in [0.2, 0.25) is 5.15 Å². The van der Waals surface area contributed by atoms with Crippen LogP contribution in [0.15, 0.2) is 30.3 Å². The van der Waals surface area contributed by atoms with Gasteiger partial charge in [-0.05, 0) is 42.5 Å². The van der Waals surface area contributed by atoms with E-state index in [1.54, 1.807) is 21.9 Å². The Morgan fingerprint density at radius 3 is 2.56 bits per heavy atom. The summed E-state index contributed by atoms with van der Waals surface area (Å²) in [6, 6.07) is 7.58. The minimum absolute atomic E-state index is 0.0385. The number of aromatic nitrogens is 3. The Morgan fingerprint density at radius 1 is 1.09 bits per heavy atom.